The molecule has 0 atom stereocenters. The van der Waals surface area contributed by atoms with Gasteiger partial charge in [-0.1, -0.05) is 0 Å². The molecule has 0 aliphatic rings. The zero-order valence-electron chi connectivity index (χ0n) is 11.2. The van der Waals surface area contributed by atoms with E-state index in [4.69, 9.17) is 16.3 Å². The van der Waals surface area contributed by atoms with Crippen molar-refractivity contribution in [3.63, 3.8) is 0 Å². The third-order valence-corrected chi connectivity index (χ3v) is 3.18. The molecule has 0 unspecified atom stereocenters. The molecule has 0 radical (unpaired) electrons. The summed E-state index contributed by atoms with van der Waals surface area (Å²) in [6.07, 6.45) is 1.41. The molecule has 0 saturated heterocycles. The number of halogens is 3. The molecule has 3 rings (SSSR count). The number of aryl methyl sites for hydroxylation is 1. The Morgan fingerprint density at radius 3 is 2.73 bits per heavy atom. The molecular weight excluding hydrogens is 316 g/mol. The molecule has 0 aliphatic heterocycles. The van der Waals surface area contributed by atoms with Crippen LogP contribution in [0.1, 0.15) is 0 Å². The molecule has 1 aromatic carbocycles. The van der Waals surface area contributed by atoms with Crippen LogP contribution in [0.4, 0.5) is 8.78 Å². The smallest absolute Gasteiger partial charge is 0.294 e. The van der Waals surface area contributed by atoms with Gasteiger partial charge in [-0.3, -0.25) is 9.36 Å². The van der Waals surface area contributed by atoms with E-state index in [2.05, 4.69) is 9.97 Å². The van der Waals surface area contributed by atoms with E-state index >= 15 is 0 Å². The van der Waals surface area contributed by atoms with Crippen LogP contribution >= 0.6 is 11.6 Å². The van der Waals surface area contributed by atoms with E-state index in [1.54, 1.807) is 0 Å². The maximum absolute atomic E-state index is 13.6. The first-order valence-corrected chi connectivity index (χ1v) is 6.48. The van der Waals surface area contributed by atoms with Gasteiger partial charge in [0, 0.05) is 24.7 Å². The molecule has 3 aromatic rings. The third kappa shape index (κ3) is 2.50. The van der Waals surface area contributed by atoms with Crippen LogP contribution in [0.25, 0.3) is 11.0 Å². The summed E-state index contributed by atoms with van der Waals surface area (Å²) in [5.41, 5.74) is -0.220. The number of pyridine rings is 1. The van der Waals surface area contributed by atoms with Gasteiger partial charge in [-0.25, -0.2) is 13.8 Å². The van der Waals surface area contributed by atoms with Gasteiger partial charge in [0.2, 0.25) is 5.28 Å². The van der Waals surface area contributed by atoms with Crippen molar-refractivity contribution in [3.8, 4) is 11.5 Å². The Balaban J connectivity index is 2.13. The Morgan fingerprint density at radius 2 is 2.00 bits per heavy atom. The summed E-state index contributed by atoms with van der Waals surface area (Å²) in [5.74, 6) is -2.03. The van der Waals surface area contributed by atoms with Crippen LogP contribution in [-0.4, -0.2) is 14.5 Å². The van der Waals surface area contributed by atoms with Gasteiger partial charge in [-0.15, -0.1) is 0 Å². The highest BCUT2D eigenvalue weighted by atomic mass is 35.5. The Labute approximate surface area is 127 Å². The molecule has 2 aromatic heterocycles. The minimum absolute atomic E-state index is 0.000692. The summed E-state index contributed by atoms with van der Waals surface area (Å²) < 4.78 is 33.0. The van der Waals surface area contributed by atoms with Gasteiger partial charge >= 0.3 is 0 Å². The minimum atomic E-state index is -0.908. The van der Waals surface area contributed by atoms with E-state index in [1.165, 1.54) is 23.9 Å². The van der Waals surface area contributed by atoms with Crippen molar-refractivity contribution in [3.05, 3.63) is 57.7 Å². The quantitative estimate of drug-likeness (QED) is 0.680. The molecule has 0 N–H and O–H groups in total. The molecule has 0 amide bonds. The first kappa shape index (κ1) is 14.4. The summed E-state index contributed by atoms with van der Waals surface area (Å²) in [4.78, 5) is 20.0. The number of nitrogens with zero attached hydrogens (tertiary/aromatic N) is 3. The van der Waals surface area contributed by atoms with Crippen LogP contribution < -0.4 is 10.3 Å². The van der Waals surface area contributed by atoms with E-state index in [0.29, 0.717) is 17.1 Å². The maximum atomic E-state index is 13.6. The maximum Gasteiger partial charge on any atom is 0.294 e. The highest BCUT2D eigenvalue weighted by Gasteiger charge is 2.13. The molecule has 0 aliphatic carbocycles. The van der Waals surface area contributed by atoms with Gasteiger partial charge in [0.1, 0.15) is 11.5 Å². The SMILES string of the molecule is Cn1c(=O)c(Oc2ccc(F)cc2F)cc2cnc(Cl)nc21. The summed E-state index contributed by atoms with van der Waals surface area (Å²) in [6, 6.07) is 4.18. The third-order valence-electron chi connectivity index (χ3n) is 3.00. The van der Waals surface area contributed by atoms with Gasteiger partial charge in [0.15, 0.2) is 17.3 Å². The second-order valence-corrected chi connectivity index (χ2v) is 4.81. The van der Waals surface area contributed by atoms with Crippen molar-refractivity contribution in [2.24, 2.45) is 7.05 Å². The highest BCUT2D eigenvalue weighted by Crippen LogP contribution is 2.24. The van der Waals surface area contributed by atoms with Gasteiger partial charge in [-0.05, 0) is 29.8 Å². The molecule has 5 nitrogen and oxygen atoms in total. The lowest BCUT2D eigenvalue weighted by Crippen LogP contribution is -2.19. The standard InChI is InChI=1S/C14H8ClF2N3O2/c1-20-12-7(6-18-14(15)19-12)4-11(13(20)21)22-10-3-2-8(16)5-9(10)17/h2-6H,1H3. The normalized spacial score (nSPS) is 10.9. The van der Waals surface area contributed by atoms with Gasteiger partial charge in [-0.2, -0.15) is 4.98 Å². The van der Waals surface area contributed by atoms with Gasteiger partial charge in [0.05, 0.1) is 0 Å². The molecule has 22 heavy (non-hydrogen) atoms. The van der Waals surface area contributed by atoms with E-state index in [9.17, 15) is 13.6 Å². The fraction of sp³-hybridized carbons (Fsp3) is 0.0714. The van der Waals surface area contributed by atoms with Crippen LogP contribution in [0.2, 0.25) is 5.28 Å². The van der Waals surface area contributed by atoms with E-state index in [0.717, 1.165) is 12.1 Å². The summed E-state index contributed by atoms with van der Waals surface area (Å²) in [7, 11) is 1.47. The number of hydrogen-bond acceptors (Lipinski definition) is 4. The predicted molar refractivity (Wildman–Crippen MR) is 76.2 cm³/mol. The van der Waals surface area contributed by atoms with Crippen LogP contribution in [-0.2, 0) is 7.05 Å². The number of fused-ring (bicyclic) bond motifs is 1. The number of benzene rings is 1. The van der Waals surface area contributed by atoms with E-state index < -0.39 is 17.2 Å². The number of hydrogen-bond donors (Lipinski definition) is 0. The molecule has 0 spiro atoms. The van der Waals surface area contributed by atoms with Crippen molar-refractivity contribution >= 4 is 22.6 Å². The van der Waals surface area contributed by atoms with Gasteiger partial charge < -0.3 is 4.74 Å². The molecule has 2 heterocycles. The molecule has 8 heteroatoms. The van der Waals surface area contributed by atoms with Gasteiger partial charge in [0.25, 0.3) is 5.56 Å². The van der Waals surface area contributed by atoms with Crippen molar-refractivity contribution in [2.75, 3.05) is 0 Å². The Morgan fingerprint density at radius 1 is 1.23 bits per heavy atom. The molecular formula is C14H8ClF2N3O2. The highest BCUT2D eigenvalue weighted by molar-refractivity contribution is 6.28. The first-order valence-electron chi connectivity index (χ1n) is 6.11. The van der Waals surface area contributed by atoms with E-state index in [1.807, 2.05) is 0 Å². The Kier molecular flexibility index (Phi) is 3.50. The second kappa shape index (κ2) is 5.34. The largest absolute Gasteiger partial charge is 0.448 e. The van der Waals surface area contributed by atoms with Crippen molar-refractivity contribution in [2.45, 2.75) is 0 Å². The van der Waals surface area contributed by atoms with E-state index in [-0.39, 0.29) is 16.8 Å². The average Bonchev–Trinajstić information content (AvgIpc) is 2.48. The van der Waals surface area contributed by atoms with Crippen molar-refractivity contribution in [1.29, 1.82) is 0 Å². The average molecular weight is 324 g/mol. The fourth-order valence-electron chi connectivity index (χ4n) is 1.95. The molecule has 112 valence electrons. The lowest BCUT2D eigenvalue weighted by molar-refractivity contribution is 0.430. The Hall–Kier alpha value is -2.54. The van der Waals surface area contributed by atoms with Crippen molar-refractivity contribution in [1.82, 2.24) is 14.5 Å². The topological polar surface area (TPSA) is 57.0 Å². The summed E-state index contributed by atoms with van der Waals surface area (Å²) in [5, 5.41) is 0.491. The molecule has 0 fully saturated rings. The zero-order valence-corrected chi connectivity index (χ0v) is 11.9. The van der Waals surface area contributed by atoms with Crippen molar-refractivity contribution < 1.29 is 13.5 Å². The number of aromatic nitrogens is 3. The van der Waals surface area contributed by atoms with Crippen LogP contribution in [0.5, 0.6) is 11.5 Å². The molecule has 0 saturated carbocycles. The lowest BCUT2D eigenvalue weighted by atomic mass is 10.3. The first-order chi connectivity index (χ1) is 10.5. The summed E-state index contributed by atoms with van der Waals surface area (Å²) >= 11 is 5.69. The minimum Gasteiger partial charge on any atom is -0.448 e. The van der Waals surface area contributed by atoms with Crippen LogP contribution in [0.3, 0.4) is 0 Å². The fourth-order valence-corrected chi connectivity index (χ4v) is 2.07. The number of ether oxygens (including phenoxy) is 1. The number of rotatable bonds is 2. The predicted octanol–water partition coefficient (Wildman–Crippen LogP) is 3.05. The Bertz CT molecular complexity index is 943. The summed E-state index contributed by atoms with van der Waals surface area (Å²) in [6.45, 7) is 0. The monoisotopic (exact) mass is 323 g/mol. The zero-order chi connectivity index (χ0) is 15.9. The second-order valence-electron chi connectivity index (χ2n) is 4.47. The lowest BCUT2D eigenvalue weighted by Gasteiger charge is -2.09. The van der Waals surface area contributed by atoms with Crippen LogP contribution in [0.15, 0.2) is 35.3 Å². The molecule has 0 bridgehead atoms. The van der Waals surface area contributed by atoms with Crippen LogP contribution in [0, 0.1) is 11.6 Å².